The van der Waals surface area contributed by atoms with Crippen molar-refractivity contribution in [2.75, 3.05) is 12.0 Å². The molecule has 0 radical (unpaired) electrons. The van der Waals surface area contributed by atoms with Crippen molar-refractivity contribution >= 4 is 11.9 Å². The molecular weight excluding hydrogens is 228 g/mol. The third-order valence-corrected chi connectivity index (χ3v) is 2.02. The van der Waals surface area contributed by atoms with Gasteiger partial charge >= 0.3 is 11.9 Å². The minimum absolute atomic E-state index is 0.0118. The number of imidazole rings is 1. The topological polar surface area (TPSA) is 130 Å². The molecule has 0 saturated carbocycles. The number of rotatable bonds is 7. The molecule has 1 rings (SSSR count). The summed E-state index contributed by atoms with van der Waals surface area (Å²) in [6, 6.07) is -0.989. The highest BCUT2D eigenvalue weighted by atomic mass is 16.4. The van der Waals surface area contributed by atoms with Crippen LogP contribution in [0.5, 0.6) is 0 Å². The van der Waals surface area contributed by atoms with Gasteiger partial charge in [-0.15, -0.1) is 0 Å². The summed E-state index contributed by atoms with van der Waals surface area (Å²) in [5.74, 6) is -1.98. The third kappa shape index (κ3) is 4.51. The van der Waals surface area contributed by atoms with E-state index in [0.29, 0.717) is 5.69 Å². The molecule has 1 aromatic rings. The van der Waals surface area contributed by atoms with E-state index in [2.05, 4.69) is 10.4 Å². The third-order valence-electron chi connectivity index (χ3n) is 2.02. The molecule has 1 aromatic heterocycles. The van der Waals surface area contributed by atoms with Crippen molar-refractivity contribution in [3.05, 3.63) is 18.2 Å². The highest BCUT2D eigenvalue weighted by molar-refractivity contribution is 5.73. The van der Waals surface area contributed by atoms with Crippen LogP contribution in [0.1, 0.15) is 12.1 Å². The summed E-state index contributed by atoms with van der Waals surface area (Å²) < 4.78 is 1.48. The molecule has 0 aliphatic heterocycles. The Labute approximate surface area is 97.0 Å². The Morgan fingerprint density at radius 2 is 2.24 bits per heavy atom. The van der Waals surface area contributed by atoms with Gasteiger partial charge in [-0.2, -0.15) is 0 Å². The van der Waals surface area contributed by atoms with Crippen LogP contribution in [0.15, 0.2) is 12.5 Å². The van der Waals surface area contributed by atoms with Crippen molar-refractivity contribution in [1.82, 2.24) is 9.66 Å². The Balaban J connectivity index is 2.42. The largest absolute Gasteiger partial charge is 0.481 e. The molecule has 0 aromatic carbocycles. The Kier molecular flexibility index (Phi) is 4.46. The zero-order valence-corrected chi connectivity index (χ0v) is 9.04. The van der Waals surface area contributed by atoms with Crippen LogP contribution in [-0.4, -0.2) is 44.4 Å². The molecule has 1 heterocycles. The lowest BCUT2D eigenvalue weighted by Gasteiger charge is -2.04. The minimum atomic E-state index is -1.08. The van der Waals surface area contributed by atoms with Gasteiger partial charge in [0.15, 0.2) is 0 Å². The molecule has 8 nitrogen and oxygen atoms in total. The van der Waals surface area contributed by atoms with Crippen molar-refractivity contribution in [2.45, 2.75) is 18.9 Å². The lowest BCUT2D eigenvalue weighted by molar-refractivity contribution is -0.138. The lowest BCUT2D eigenvalue weighted by Crippen LogP contribution is -2.32. The molecule has 94 valence electrons. The van der Waals surface area contributed by atoms with Crippen LogP contribution in [0.3, 0.4) is 0 Å². The van der Waals surface area contributed by atoms with Gasteiger partial charge in [-0.25, -0.2) is 4.98 Å². The van der Waals surface area contributed by atoms with Gasteiger partial charge in [-0.1, -0.05) is 0 Å². The summed E-state index contributed by atoms with van der Waals surface area (Å²) in [5, 5.41) is 17.0. The van der Waals surface area contributed by atoms with Crippen molar-refractivity contribution in [2.24, 2.45) is 5.73 Å². The smallest absolute Gasteiger partial charge is 0.320 e. The summed E-state index contributed by atoms with van der Waals surface area (Å²) in [4.78, 5) is 24.7. The van der Waals surface area contributed by atoms with Gasteiger partial charge in [-0.05, 0) is 0 Å². The molecule has 0 amide bonds. The van der Waals surface area contributed by atoms with Crippen molar-refractivity contribution < 1.29 is 19.8 Å². The molecule has 0 fully saturated rings. The van der Waals surface area contributed by atoms with Crippen LogP contribution < -0.4 is 11.2 Å². The Bertz CT molecular complexity index is 403. The maximum absolute atomic E-state index is 10.5. The molecular formula is C9H14N4O4. The number of hydrogen-bond acceptors (Lipinski definition) is 5. The van der Waals surface area contributed by atoms with Gasteiger partial charge in [0.05, 0.1) is 12.1 Å². The summed E-state index contributed by atoms with van der Waals surface area (Å²) in [5.41, 5.74) is 8.66. The van der Waals surface area contributed by atoms with Gasteiger partial charge in [0.25, 0.3) is 0 Å². The fourth-order valence-electron chi connectivity index (χ4n) is 1.16. The monoisotopic (exact) mass is 242 g/mol. The molecule has 17 heavy (non-hydrogen) atoms. The first-order valence-electron chi connectivity index (χ1n) is 4.96. The molecule has 8 heteroatoms. The first-order chi connectivity index (χ1) is 7.99. The number of carbonyl (C=O) groups is 2. The van der Waals surface area contributed by atoms with Gasteiger partial charge < -0.3 is 21.4 Å². The average molecular weight is 242 g/mol. The first-order valence-corrected chi connectivity index (χ1v) is 4.96. The summed E-state index contributed by atoms with van der Waals surface area (Å²) in [6.07, 6.45) is 3.13. The Hall–Kier alpha value is -2.09. The zero-order valence-electron chi connectivity index (χ0n) is 9.04. The van der Waals surface area contributed by atoms with Crippen molar-refractivity contribution in [3.8, 4) is 0 Å². The van der Waals surface area contributed by atoms with Gasteiger partial charge in [-0.3, -0.25) is 14.3 Å². The van der Waals surface area contributed by atoms with E-state index in [1.807, 2.05) is 0 Å². The van der Waals surface area contributed by atoms with Crippen LogP contribution >= 0.6 is 0 Å². The molecule has 0 aliphatic rings. The molecule has 5 N–H and O–H groups in total. The van der Waals surface area contributed by atoms with Crippen LogP contribution in [-0.2, 0) is 16.0 Å². The second kappa shape index (κ2) is 5.85. The molecule has 1 atom stereocenters. The Morgan fingerprint density at radius 1 is 1.53 bits per heavy atom. The highest BCUT2D eigenvalue weighted by Gasteiger charge is 2.13. The molecule has 0 saturated heterocycles. The molecule has 0 spiro atoms. The van der Waals surface area contributed by atoms with Crippen LogP contribution in [0.25, 0.3) is 0 Å². The zero-order chi connectivity index (χ0) is 12.8. The van der Waals surface area contributed by atoms with E-state index in [9.17, 15) is 9.59 Å². The van der Waals surface area contributed by atoms with Gasteiger partial charge in [0, 0.05) is 19.2 Å². The van der Waals surface area contributed by atoms with E-state index in [1.54, 1.807) is 6.20 Å². The maximum Gasteiger partial charge on any atom is 0.320 e. The molecule has 0 unspecified atom stereocenters. The Morgan fingerprint density at radius 3 is 2.82 bits per heavy atom. The molecule has 0 aliphatic carbocycles. The number of aliphatic carboxylic acids is 2. The number of hydrogen-bond donors (Lipinski definition) is 4. The highest BCUT2D eigenvalue weighted by Crippen LogP contribution is 1.98. The van der Waals surface area contributed by atoms with E-state index < -0.39 is 18.0 Å². The number of carboxylic acid groups (broad SMARTS) is 2. The lowest BCUT2D eigenvalue weighted by atomic mass is 10.2. The predicted octanol–water partition coefficient (Wildman–Crippen LogP) is -1.14. The van der Waals surface area contributed by atoms with E-state index in [4.69, 9.17) is 15.9 Å². The number of nitrogens with zero attached hydrogens (tertiary/aromatic N) is 2. The van der Waals surface area contributed by atoms with Gasteiger partial charge in [0.1, 0.15) is 12.4 Å². The second-order valence-electron chi connectivity index (χ2n) is 3.47. The van der Waals surface area contributed by atoms with Crippen LogP contribution in [0, 0.1) is 0 Å². The van der Waals surface area contributed by atoms with E-state index >= 15 is 0 Å². The van der Waals surface area contributed by atoms with E-state index in [-0.39, 0.29) is 19.4 Å². The van der Waals surface area contributed by atoms with Crippen LogP contribution in [0.4, 0.5) is 0 Å². The summed E-state index contributed by atoms with van der Waals surface area (Å²) >= 11 is 0. The number of carboxylic acids is 2. The second-order valence-corrected chi connectivity index (χ2v) is 3.47. The van der Waals surface area contributed by atoms with Crippen molar-refractivity contribution in [1.29, 1.82) is 0 Å². The van der Waals surface area contributed by atoms with Crippen molar-refractivity contribution in [3.63, 3.8) is 0 Å². The minimum Gasteiger partial charge on any atom is -0.481 e. The number of nitrogens with one attached hydrogen (secondary N) is 1. The SMILES string of the molecule is N[C@@H](Cc1cn(NCCC(=O)O)cn1)C(=O)O. The summed E-state index contributed by atoms with van der Waals surface area (Å²) in [6.45, 7) is 0.260. The number of nitrogens with two attached hydrogens (primary N) is 1. The molecule has 0 bridgehead atoms. The fraction of sp³-hybridized carbons (Fsp3) is 0.444. The maximum atomic E-state index is 10.5. The average Bonchev–Trinajstić information content (AvgIpc) is 2.65. The normalized spacial score (nSPS) is 12.1. The predicted molar refractivity (Wildman–Crippen MR) is 58.0 cm³/mol. The quantitative estimate of drug-likeness (QED) is 0.475. The fourth-order valence-corrected chi connectivity index (χ4v) is 1.16. The standard InChI is InChI=1S/C9H14N4O4/c10-7(9(16)17)3-6-4-13(5-11-6)12-2-1-8(14)15/h4-5,7,12H,1-3,10H2,(H,14,15)(H,16,17)/t7-/m0/s1. The number of aromatic nitrogens is 2. The van der Waals surface area contributed by atoms with E-state index in [0.717, 1.165) is 0 Å². The van der Waals surface area contributed by atoms with Gasteiger partial charge in [0.2, 0.25) is 0 Å². The summed E-state index contributed by atoms with van der Waals surface area (Å²) in [7, 11) is 0. The first kappa shape index (κ1) is 13.0. The van der Waals surface area contributed by atoms with Crippen LogP contribution in [0.2, 0.25) is 0 Å². The van der Waals surface area contributed by atoms with E-state index in [1.165, 1.54) is 11.0 Å².